The number of carbonyl (C=O) groups is 2. The third-order valence-corrected chi connectivity index (χ3v) is 19.5. The van der Waals surface area contributed by atoms with Crippen LogP contribution in [-0.2, 0) is 39.9 Å². The number of para-hydroxylation sites is 1. The summed E-state index contributed by atoms with van der Waals surface area (Å²) in [6.45, 7) is 19.6. The van der Waals surface area contributed by atoms with E-state index in [0.29, 0.717) is 18.0 Å². The average molecular weight is 963 g/mol. The summed E-state index contributed by atoms with van der Waals surface area (Å²) in [5, 5.41) is 64.7. The minimum absolute atomic E-state index is 0.0297. The van der Waals surface area contributed by atoms with Crippen LogP contribution in [0.3, 0.4) is 0 Å². The molecule has 3 heterocycles. The molecule has 16 nitrogen and oxygen atoms in total. The number of aliphatic hydroxyl groups is 5. The second kappa shape index (κ2) is 18.3. The number of nitrogens with zero attached hydrogens (tertiary/aromatic N) is 3. The van der Waals surface area contributed by atoms with E-state index >= 15 is 0 Å². The maximum absolute atomic E-state index is 14.7. The van der Waals surface area contributed by atoms with E-state index in [0.717, 1.165) is 69.0 Å². The van der Waals surface area contributed by atoms with Gasteiger partial charge in [-0.05, 0) is 128 Å². The highest BCUT2D eigenvalue weighted by atomic mass is 16.7. The van der Waals surface area contributed by atoms with Gasteiger partial charge in [-0.25, -0.2) is 4.68 Å². The summed E-state index contributed by atoms with van der Waals surface area (Å²) in [5.41, 5.74) is 3.02. The van der Waals surface area contributed by atoms with Crippen LogP contribution in [-0.4, -0.2) is 127 Å². The quantitative estimate of drug-likeness (QED) is 0.102. The van der Waals surface area contributed by atoms with Crippen molar-refractivity contribution in [1.29, 1.82) is 0 Å². The van der Waals surface area contributed by atoms with E-state index in [-0.39, 0.29) is 70.8 Å². The number of esters is 1. The van der Waals surface area contributed by atoms with Crippen LogP contribution in [0.1, 0.15) is 131 Å². The number of aromatic nitrogens is 3. The molecule has 0 bridgehead atoms. The number of nitrogens with one attached hydrogen (secondary N) is 1. The number of carbonyl (C=O) groups excluding carboxylic acids is 2. The standard InChI is InChI=1S/C53H78N4O12/c1-29-12-10-11-13-34(29)57-25-31(55-56-57)26-67-47(64)53-22-20-48(3,4)24-33(53)32-14-15-38-50(7)18-17-39(49(5,6)37(50)16-19-52(38,9)51(32,8)21-23-53)69-45-40(54-30(2)58)43(62)42(61)36(68-45)28-66-46-44(63)41(60)35(59)27-65-46/h10-14,25,33,35-46,59-63H,15-24,26-28H2,1-9H3,(H,54,58)/t33-,35-,36+,37-,38+,39-,40+,41-,42+,43+,44-,45-,46-,50-,51+,52+,53-/m0/s1. The Kier molecular flexibility index (Phi) is 13.4. The molecule has 69 heavy (non-hydrogen) atoms. The molecule has 1 amide bonds. The molecule has 6 N–H and O–H groups in total. The van der Waals surface area contributed by atoms with Gasteiger partial charge in [0.1, 0.15) is 55.0 Å². The van der Waals surface area contributed by atoms with Gasteiger partial charge in [-0.2, -0.15) is 0 Å². The van der Waals surface area contributed by atoms with Gasteiger partial charge >= 0.3 is 5.97 Å². The lowest BCUT2D eigenvalue weighted by Gasteiger charge is -2.71. The Labute approximate surface area is 406 Å². The number of benzene rings is 1. The van der Waals surface area contributed by atoms with Crippen LogP contribution in [0.2, 0.25) is 0 Å². The summed E-state index contributed by atoms with van der Waals surface area (Å²) in [6, 6.07) is 6.92. The zero-order valence-electron chi connectivity index (χ0n) is 42.1. The lowest BCUT2D eigenvalue weighted by Crippen LogP contribution is -2.67. The van der Waals surface area contributed by atoms with Crippen molar-refractivity contribution in [2.45, 2.75) is 194 Å². The Morgan fingerprint density at radius 1 is 0.870 bits per heavy atom. The van der Waals surface area contributed by atoms with Crippen molar-refractivity contribution in [3.63, 3.8) is 0 Å². The number of allylic oxidation sites excluding steroid dienone is 2. The van der Waals surface area contributed by atoms with Crippen molar-refractivity contribution >= 4 is 11.9 Å². The number of aliphatic hydroxyl groups excluding tert-OH is 5. The van der Waals surface area contributed by atoms with Crippen molar-refractivity contribution in [3.8, 4) is 5.69 Å². The second-order valence-electron chi connectivity index (χ2n) is 24.2. The monoisotopic (exact) mass is 963 g/mol. The number of rotatable bonds is 10. The summed E-state index contributed by atoms with van der Waals surface area (Å²) in [4.78, 5) is 27.2. The first-order valence-corrected chi connectivity index (χ1v) is 25.5. The fraction of sp³-hybridized carbons (Fsp3) is 0.774. The molecule has 382 valence electrons. The van der Waals surface area contributed by atoms with Crippen LogP contribution in [0.4, 0.5) is 0 Å². The van der Waals surface area contributed by atoms with E-state index < -0.39 is 66.6 Å². The van der Waals surface area contributed by atoms with E-state index in [1.54, 1.807) is 4.68 Å². The van der Waals surface area contributed by atoms with Crippen molar-refractivity contribution in [2.75, 3.05) is 13.2 Å². The third-order valence-electron chi connectivity index (χ3n) is 19.5. The molecule has 5 aliphatic carbocycles. The molecule has 1 aromatic carbocycles. The molecule has 7 aliphatic rings. The number of ether oxygens (including phenoxy) is 5. The number of hydrogen-bond donors (Lipinski definition) is 6. The van der Waals surface area contributed by atoms with E-state index in [4.69, 9.17) is 23.7 Å². The number of aryl methyl sites for hydroxylation is 1. The van der Waals surface area contributed by atoms with Crippen LogP contribution in [0.15, 0.2) is 42.1 Å². The molecule has 2 aliphatic heterocycles. The van der Waals surface area contributed by atoms with Crippen molar-refractivity contribution in [2.24, 2.45) is 50.2 Å². The molecular weight excluding hydrogens is 885 g/mol. The van der Waals surface area contributed by atoms with Gasteiger partial charge in [-0.1, -0.05) is 83.5 Å². The van der Waals surface area contributed by atoms with Gasteiger partial charge in [0, 0.05) is 6.92 Å². The van der Waals surface area contributed by atoms with Crippen LogP contribution in [0, 0.1) is 57.2 Å². The third kappa shape index (κ3) is 8.52. The minimum atomic E-state index is -1.55. The smallest absolute Gasteiger partial charge is 0.313 e. The lowest BCUT2D eigenvalue weighted by molar-refractivity contribution is -0.322. The summed E-state index contributed by atoms with van der Waals surface area (Å²) >= 11 is 0. The van der Waals surface area contributed by atoms with Crippen molar-refractivity contribution < 1.29 is 58.8 Å². The van der Waals surface area contributed by atoms with Gasteiger partial charge in [-0.3, -0.25) is 9.59 Å². The second-order valence-corrected chi connectivity index (χ2v) is 24.2. The van der Waals surface area contributed by atoms with Crippen LogP contribution < -0.4 is 5.32 Å². The lowest BCUT2D eigenvalue weighted by atomic mass is 9.33. The van der Waals surface area contributed by atoms with Gasteiger partial charge in [0.25, 0.3) is 0 Å². The van der Waals surface area contributed by atoms with Gasteiger partial charge in [0.15, 0.2) is 12.6 Å². The molecule has 9 rings (SSSR count). The van der Waals surface area contributed by atoms with Crippen LogP contribution >= 0.6 is 0 Å². The molecule has 2 saturated heterocycles. The Morgan fingerprint density at radius 2 is 1.61 bits per heavy atom. The molecule has 6 fully saturated rings. The Hall–Kier alpha value is -3.32. The molecule has 0 radical (unpaired) electrons. The molecule has 4 saturated carbocycles. The maximum atomic E-state index is 14.7. The summed E-state index contributed by atoms with van der Waals surface area (Å²) < 4.78 is 32.5. The van der Waals surface area contributed by atoms with Gasteiger partial charge in [-0.15, -0.1) is 5.10 Å². The predicted molar refractivity (Wildman–Crippen MR) is 252 cm³/mol. The normalized spacial score (nSPS) is 43.5. The molecule has 16 heteroatoms. The predicted octanol–water partition coefficient (Wildman–Crippen LogP) is 5.21. The van der Waals surface area contributed by atoms with Crippen molar-refractivity contribution in [1.82, 2.24) is 20.3 Å². The first-order valence-electron chi connectivity index (χ1n) is 25.5. The first-order chi connectivity index (χ1) is 32.5. The maximum Gasteiger partial charge on any atom is 0.313 e. The highest BCUT2D eigenvalue weighted by Crippen LogP contribution is 2.76. The largest absolute Gasteiger partial charge is 0.459 e. The topological polar surface area (TPSA) is 224 Å². The van der Waals surface area contributed by atoms with E-state index in [1.807, 2.05) is 37.4 Å². The van der Waals surface area contributed by atoms with E-state index in [1.165, 1.54) is 12.5 Å². The first kappa shape index (κ1) is 50.6. The molecule has 0 unspecified atom stereocenters. The number of hydrogen-bond acceptors (Lipinski definition) is 14. The molecule has 17 atom stereocenters. The molecule has 2 aromatic rings. The highest BCUT2D eigenvalue weighted by Gasteiger charge is 2.70. The van der Waals surface area contributed by atoms with Crippen LogP contribution in [0.5, 0.6) is 0 Å². The molecule has 0 spiro atoms. The van der Waals surface area contributed by atoms with Crippen LogP contribution in [0.25, 0.3) is 5.69 Å². The minimum Gasteiger partial charge on any atom is -0.459 e. The zero-order chi connectivity index (χ0) is 49.6. The summed E-state index contributed by atoms with van der Waals surface area (Å²) in [5.74, 6) is 0.185. The number of fused-ring (bicyclic) bond motifs is 7. The fourth-order valence-corrected chi connectivity index (χ4v) is 15.3. The Morgan fingerprint density at radius 3 is 2.35 bits per heavy atom. The van der Waals surface area contributed by atoms with Crippen molar-refractivity contribution in [3.05, 3.63) is 53.4 Å². The highest BCUT2D eigenvalue weighted by molar-refractivity contribution is 5.79. The molecular formula is C53H78N4O12. The Bertz CT molecular complexity index is 2270. The average Bonchev–Trinajstić information content (AvgIpc) is 3.77. The van der Waals surface area contributed by atoms with E-state index in [2.05, 4.69) is 70.2 Å². The van der Waals surface area contributed by atoms with E-state index in [9.17, 15) is 35.1 Å². The summed E-state index contributed by atoms with van der Waals surface area (Å²) in [6.07, 6.45) is 2.14. The summed E-state index contributed by atoms with van der Waals surface area (Å²) in [7, 11) is 0. The molecule has 1 aromatic heterocycles. The van der Waals surface area contributed by atoms with Gasteiger partial charge < -0.3 is 54.5 Å². The van der Waals surface area contributed by atoms with Gasteiger partial charge in [0.05, 0.1) is 36.6 Å². The number of amides is 1. The fourth-order valence-electron chi connectivity index (χ4n) is 15.3. The zero-order valence-corrected chi connectivity index (χ0v) is 42.1. The Balaban J connectivity index is 0.928. The van der Waals surface area contributed by atoms with Gasteiger partial charge in [0.2, 0.25) is 5.91 Å². The SMILES string of the molecule is CC(=O)N[C@H]1[C@H](O[C@H]2CC[C@]3(C)[C@H]4CC=C5[C@@H]6CC(C)(C)CC[C@]6(C(=O)OCc6cn(-c7ccccc7C)nn6)CC[C@@]5(C)[C@]4(C)CC[C@H]3C2(C)C)O[C@H](CO[C@@H]2OC[C@H](O)[C@H](O)[C@@H]2O)[C@@H](O)[C@@H]1O.